The van der Waals surface area contributed by atoms with Crippen LogP contribution in [0.15, 0.2) is 9.85 Å². The van der Waals surface area contributed by atoms with Crippen molar-refractivity contribution in [2.75, 3.05) is 0 Å². The number of aliphatic carboxylic acids is 1. The van der Waals surface area contributed by atoms with Crippen molar-refractivity contribution in [1.82, 2.24) is 0 Å². The van der Waals surface area contributed by atoms with Gasteiger partial charge in [0.1, 0.15) is 0 Å². The average molecular weight is 261 g/mol. The maximum atomic E-state index is 10.9. The van der Waals surface area contributed by atoms with Crippen LogP contribution in [0.25, 0.3) is 0 Å². The Balaban J connectivity index is 2.41. The van der Waals surface area contributed by atoms with Crippen LogP contribution in [-0.4, -0.2) is 11.1 Å². The molecule has 1 aliphatic carbocycles. The van der Waals surface area contributed by atoms with Crippen molar-refractivity contribution < 1.29 is 9.90 Å². The zero-order valence-corrected chi connectivity index (χ0v) is 9.32. The molecule has 2 nitrogen and oxygen atoms in total. The zero-order chi connectivity index (χ0) is 9.42. The van der Waals surface area contributed by atoms with Gasteiger partial charge in [0, 0.05) is 4.88 Å². The number of carbonyl (C=O) groups is 1. The summed E-state index contributed by atoms with van der Waals surface area (Å²) in [5.41, 5.74) is 1.22. The molecule has 0 spiro atoms. The van der Waals surface area contributed by atoms with Crippen molar-refractivity contribution in [2.45, 2.75) is 25.2 Å². The Morgan fingerprint density at radius 3 is 3.15 bits per heavy atom. The lowest BCUT2D eigenvalue weighted by atomic mass is 9.90. The highest BCUT2D eigenvalue weighted by Gasteiger charge is 2.27. The molecule has 70 valence electrons. The minimum absolute atomic E-state index is 0.264. The van der Waals surface area contributed by atoms with E-state index in [2.05, 4.69) is 22.0 Å². The van der Waals surface area contributed by atoms with Crippen LogP contribution >= 0.6 is 27.3 Å². The minimum atomic E-state index is -0.685. The molecule has 1 heterocycles. The van der Waals surface area contributed by atoms with E-state index in [1.807, 2.05) is 0 Å². The maximum Gasteiger partial charge on any atom is 0.311 e. The molecule has 0 aromatic carbocycles. The summed E-state index contributed by atoms with van der Waals surface area (Å²) in [6, 6.07) is 2.05. The predicted octanol–water partition coefficient (Wildman–Crippen LogP) is 3.02. The second-order valence-electron chi connectivity index (χ2n) is 3.22. The normalized spacial score (nSPS) is 21.2. The van der Waals surface area contributed by atoms with E-state index >= 15 is 0 Å². The Morgan fingerprint density at radius 2 is 2.46 bits per heavy atom. The Kier molecular flexibility index (Phi) is 2.43. The molecular formula is C9H9BrO2S. The van der Waals surface area contributed by atoms with E-state index in [0.29, 0.717) is 0 Å². The van der Waals surface area contributed by atoms with E-state index in [9.17, 15) is 4.79 Å². The number of hydrogen-bond acceptors (Lipinski definition) is 2. The Bertz CT molecular complexity index is 345. The molecule has 0 amide bonds. The van der Waals surface area contributed by atoms with Gasteiger partial charge in [-0.05, 0) is 46.8 Å². The number of aryl methyl sites for hydroxylation is 1. The molecule has 1 aromatic rings. The van der Waals surface area contributed by atoms with Crippen LogP contribution in [0, 0.1) is 0 Å². The number of carboxylic acid groups (broad SMARTS) is 1. The van der Waals surface area contributed by atoms with Gasteiger partial charge in [-0.15, -0.1) is 11.3 Å². The number of hydrogen-bond donors (Lipinski definition) is 1. The van der Waals surface area contributed by atoms with Gasteiger partial charge >= 0.3 is 5.97 Å². The summed E-state index contributed by atoms with van der Waals surface area (Å²) in [5, 5.41) is 8.99. The summed E-state index contributed by atoms with van der Waals surface area (Å²) in [5.74, 6) is -0.949. The van der Waals surface area contributed by atoms with Crippen LogP contribution in [0.1, 0.15) is 29.2 Å². The van der Waals surface area contributed by atoms with Crippen molar-refractivity contribution in [3.8, 4) is 0 Å². The summed E-state index contributed by atoms with van der Waals surface area (Å²) < 4.78 is 1.05. The van der Waals surface area contributed by atoms with Gasteiger partial charge in [-0.3, -0.25) is 4.79 Å². The van der Waals surface area contributed by atoms with Gasteiger partial charge in [-0.2, -0.15) is 0 Å². The maximum absolute atomic E-state index is 10.9. The van der Waals surface area contributed by atoms with Crippen LogP contribution < -0.4 is 0 Å². The van der Waals surface area contributed by atoms with E-state index < -0.39 is 5.97 Å². The highest BCUT2D eigenvalue weighted by molar-refractivity contribution is 9.11. The Labute approximate surface area is 88.7 Å². The van der Waals surface area contributed by atoms with Crippen LogP contribution in [0.4, 0.5) is 0 Å². The number of halogens is 1. The van der Waals surface area contributed by atoms with E-state index in [4.69, 9.17) is 5.11 Å². The molecule has 0 saturated heterocycles. The van der Waals surface area contributed by atoms with Crippen molar-refractivity contribution in [1.29, 1.82) is 0 Å². The summed E-state index contributed by atoms with van der Waals surface area (Å²) in [4.78, 5) is 12.0. The molecular weight excluding hydrogens is 252 g/mol. The topological polar surface area (TPSA) is 37.3 Å². The van der Waals surface area contributed by atoms with Gasteiger partial charge in [-0.25, -0.2) is 0 Å². The number of carboxylic acids is 1. The molecule has 2 rings (SSSR count). The van der Waals surface area contributed by atoms with Gasteiger partial charge in [0.2, 0.25) is 0 Å². The first-order valence-electron chi connectivity index (χ1n) is 4.19. The molecule has 0 aliphatic heterocycles. The lowest BCUT2D eigenvalue weighted by Gasteiger charge is -2.17. The first kappa shape index (κ1) is 9.21. The monoisotopic (exact) mass is 260 g/mol. The zero-order valence-electron chi connectivity index (χ0n) is 6.92. The van der Waals surface area contributed by atoms with E-state index in [1.165, 1.54) is 5.56 Å². The largest absolute Gasteiger partial charge is 0.481 e. The quantitative estimate of drug-likeness (QED) is 0.843. The third-order valence-corrected chi connectivity index (χ3v) is 4.16. The van der Waals surface area contributed by atoms with Crippen LogP contribution in [0.3, 0.4) is 0 Å². The first-order chi connectivity index (χ1) is 6.18. The summed E-state index contributed by atoms with van der Waals surface area (Å²) in [6.07, 6.45) is 2.81. The van der Waals surface area contributed by atoms with E-state index in [0.717, 1.165) is 27.9 Å². The smallest absolute Gasteiger partial charge is 0.311 e. The summed E-state index contributed by atoms with van der Waals surface area (Å²) in [6.45, 7) is 0. The van der Waals surface area contributed by atoms with Crippen molar-refractivity contribution in [3.63, 3.8) is 0 Å². The summed E-state index contributed by atoms with van der Waals surface area (Å²) >= 11 is 4.96. The van der Waals surface area contributed by atoms with Gasteiger partial charge < -0.3 is 5.11 Å². The van der Waals surface area contributed by atoms with Crippen molar-refractivity contribution in [3.05, 3.63) is 20.3 Å². The Morgan fingerprint density at radius 1 is 1.69 bits per heavy atom. The second-order valence-corrected chi connectivity index (χ2v) is 5.69. The molecule has 0 bridgehead atoms. The van der Waals surface area contributed by atoms with Gasteiger partial charge in [-0.1, -0.05) is 0 Å². The third-order valence-electron chi connectivity index (χ3n) is 2.37. The molecule has 1 unspecified atom stereocenters. The minimum Gasteiger partial charge on any atom is -0.481 e. The molecule has 1 N–H and O–H groups in total. The van der Waals surface area contributed by atoms with Crippen LogP contribution in [0.5, 0.6) is 0 Å². The van der Waals surface area contributed by atoms with Crippen molar-refractivity contribution >= 4 is 33.2 Å². The van der Waals surface area contributed by atoms with Crippen molar-refractivity contribution in [2.24, 2.45) is 0 Å². The highest BCUT2D eigenvalue weighted by Crippen LogP contribution is 2.39. The predicted molar refractivity (Wildman–Crippen MR) is 55.3 cm³/mol. The molecule has 0 fully saturated rings. The SMILES string of the molecule is O=C(O)C1CCCc2cc(Br)sc21. The number of rotatable bonds is 1. The fourth-order valence-electron chi connectivity index (χ4n) is 1.76. The van der Waals surface area contributed by atoms with E-state index in [-0.39, 0.29) is 5.92 Å². The van der Waals surface area contributed by atoms with Gasteiger partial charge in [0.05, 0.1) is 9.70 Å². The molecule has 1 aliphatic rings. The molecule has 1 aromatic heterocycles. The number of fused-ring (bicyclic) bond motifs is 1. The second kappa shape index (κ2) is 3.42. The van der Waals surface area contributed by atoms with Gasteiger partial charge in [0.25, 0.3) is 0 Å². The third kappa shape index (κ3) is 1.65. The van der Waals surface area contributed by atoms with Gasteiger partial charge in [0.15, 0.2) is 0 Å². The van der Waals surface area contributed by atoms with E-state index in [1.54, 1.807) is 11.3 Å². The lowest BCUT2D eigenvalue weighted by Crippen LogP contribution is -2.15. The molecule has 4 heteroatoms. The summed E-state index contributed by atoms with van der Waals surface area (Å²) in [7, 11) is 0. The van der Waals surface area contributed by atoms with Crippen LogP contribution in [-0.2, 0) is 11.2 Å². The first-order valence-corrected chi connectivity index (χ1v) is 5.80. The Hall–Kier alpha value is -0.350. The average Bonchev–Trinajstić information content (AvgIpc) is 2.43. The number of thiophene rings is 1. The molecule has 13 heavy (non-hydrogen) atoms. The molecule has 1 atom stereocenters. The lowest BCUT2D eigenvalue weighted by molar-refractivity contribution is -0.139. The van der Waals surface area contributed by atoms with Crippen LogP contribution in [0.2, 0.25) is 0 Å². The highest BCUT2D eigenvalue weighted by atomic mass is 79.9. The fourth-order valence-corrected chi connectivity index (χ4v) is 3.63. The molecule has 0 saturated carbocycles. The standard InChI is InChI=1S/C9H9BrO2S/c10-7-4-5-2-1-3-6(9(11)12)8(5)13-7/h4,6H,1-3H2,(H,11,12). The molecule has 0 radical (unpaired) electrons. The fraction of sp³-hybridized carbons (Fsp3) is 0.444.